The summed E-state index contributed by atoms with van der Waals surface area (Å²) in [4.78, 5) is 25.7. The number of amides is 2. The van der Waals surface area contributed by atoms with Crippen molar-refractivity contribution < 1.29 is 9.59 Å². The molecule has 1 fully saturated rings. The Kier molecular flexibility index (Phi) is 6.01. The number of likely N-dealkylation sites (tertiary alicyclic amines) is 1. The zero-order valence-electron chi connectivity index (χ0n) is 15.7. The SMILES string of the molecule is CCC1CCCCN1C(=O)c1ccc(Nc2ccc(NC(C)=O)cc2)nn1. The third-order valence-corrected chi connectivity index (χ3v) is 4.72. The second-order valence-electron chi connectivity index (χ2n) is 6.74. The summed E-state index contributed by atoms with van der Waals surface area (Å²) in [5.74, 6) is 0.408. The largest absolute Gasteiger partial charge is 0.339 e. The third-order valence-electron chi connectivity index (χ3n) is 4.72. The molecule has 1 unspecified atom stereocenters. The van der Waals surface area contributed by atoms with Crippen molar-refractivity contribution in [2.75, 3.05) is 17.2 Å². The highest BCUT2D eigenvalue weighted by Gasteiger charge is 2.27. The average Bonchev–Trinajstić information content (AvgIpc) is 2.69. The van der Waals surface area contributed by atoms with Crippen molar-refractivity contribution in [3.63, 3.8) is 0 Å². The molecule has 0 radical (unpaired) electrons. The lowest BCUT2D eigenvalue weighted by atomic mass is 9.99. The fourth-order valence-electron chi connectivity index (χ4n) is 3.34. The van der Waals surface area contributed by atoms with E-state index in [2.05, 4.69) is 27.8 Å². The molecule has 1 saturated heterocycles. The van der Waals surface area contributed by atoms with Gasteiger partial charge in [-0.3, -0.25) is 9.59 Å². The van der Waals surface area contributed by atoms with Crippen LogP contribution < -0.4 is 10.6 Å². The molecule has 2 amide bonds. The molecule has 0 saturated carbocycles. The minimum absolute atomic E-state index is 0.0414. The standard InChI is InChI=1S/C20H25N5O2/c1-3-17-6-4-5-13-25(17)20(27)18-11-12-19(24-23-18)22-16-9-7-15(8-10-16)21-14(2)26/h7-12,17H,3-6,13H2,1-2H3,(H,21,26)(H,22,24). The topological polar surface area (TPSA) is 87.2 Å². The monoisotopic (exact) mass is 367 g/mol. The van der Waals surface area contributed by atoms with E-state index in [0.717, 1.165) is 37.2 Å². The van der Waals surface area contributed by atoms with Gasteiger partial charge in [-0.15, -0.1) is 10.2 Å². The molecule has 1 aromatic carbocycles. The van der Waals surface area contributed by atoms with Crippen LogP contribution in [0.1, 0.15) is 50.0 Å². The van der Waals surface area contributed by atoms with E-state index < -0.39 is 0 Å². The Bertz CT molecular complexity index is 789. The van der Waals surface area contributed by atoms with Gasteiger partial charge in [0.25, 0.3) is 5.91 Å². The number of anilines is 3. The molecule has 2 heterocycles. The first-order chi connectivity index (χ1) is 13.1. The molecular formula is C20H25N5O2. The molecule has 0 bridgehead atoms. The van der Waals surface area contributed by atoms with Gasteiger partial charge in [-0.1, -0.05) is 6.92 Å². The maximum Gasteiger partial charge on any atom is 0.274 e. The van der Waals surface area contributed by atoms with Gasteiger partial charge >= 0.3 is 0 Å². The van der Waals surface area contributed by atoms with Crippen LogP contribution in [0.4, 0.5) is 17.2 Å². The Hall–Kier alpha value is -2.96. The Morgan fingerprint density at radius 2 is 1.81 bits per heavy atom. The van der Waals surface area contributed by atoms with E-state index >= 15 is 0 Å². The zero-order valence-corrected chi connectivity index (χ0v) is 15.7. The van der Waals surface area contributed by atoms with E-state index in [1.54, 1.807) is 24.3 Å². The van der Waals surface area contributed by atoms with Crippen LogP contribution >= 0.6 is 0 Å². The number of benzene rings is 1. The molecule has 7 heteroatoms. The smallest absolute Gasteiger partial charge is 0.274 e. The molecule has 3 rings (SSSR count). The van der Waals surface area contributed by atoms with Crippen LogP contribution in [0.15, 0.2) is 36.4 Å². The summed E-state index contributed by atoms with van der Waals surface area (Å²) < 4.78 is 0. The fourth-order valence-corrected chi connectivity index (χ4v) is 3.34. The molecule has 2 N–H and O–H groups in total. The molecular weight excluding hydrogens is 342 g/mol. The average molecular weight is 367 g/mol. The van der Waals surface area contributed by atoms with Gasteiger partial charge < -0.3 is 15.5 Å². The van der Waals surface area contributed by atoms with Gasteiger partial charge in [0.05, 0.1) is 0 Å². The minimum atomic E-state index is -0.110. The van der Waals surface area contributed by atoms with Gasteiger partial charge in [0.2, 0.25) is 5.91 Å². The van der Waals surface area contributed by atoms with Crippen LogP contribution in [0, 0.1) is 0 Å². The first-order valence-electron chi connectivity index (χ1n) is 9.36. The maximum absolute atomic E-state index is 12.7. The van der Waals surface area contributed by atoms with Crippen molar-refractivity contribution in [2.45, 2.75) is 45.6 Å². The molecule has 142 valence electrons. The normalized spacial score (nSPS) is 16.7. The molecule has 7 nitrogen and oxygen atoms in total. The van der Waals surface area contributed by atoms with Crippen LogP contribution in [-0.4, -0.2) is 39.5 Å². The predicted molar refractivity (Wildman–Crippen MR) is 105 cm³/mol. The third kappa shape index (κ3) is 4.81. The van der Waals surface area contributed by atoms with Crippen molar-refractivity contribution in [2.24, 2.45) is 0 Å². The Morgan fingerprint density at radius 1 is 1.07 bits per heavy atom. The van der Waals surface area contributed by atoms with E-state index in [1.807, 2.05) is 17.0 Å². The van der Waals surface area contributed by atoms with Gasteiger partial charge in [0.1, 0.15) is 0 Å². The number of rotatable bonds is 5. The quantitative estimate of drug-likeness (QED) is 0.843. The highest BCUT2D eigenvalue weighted by atomic mass is 16.2. The summed E-state index contributed by atoms with van der Waals surface area (Å²) in [6, 6.07) is 11.1. The second-order valence-corrected chi connectivity index (χ2v) is 6.74. The maximum atomic E-state index is 12.7. The number of carbonyl (C=O) groups excluding carboxylic acids is 2. The van der Waals surface area contributed by atoms with Gasteiger partial charge in [0, 0.05) is 30.9 Å². The van der Waals surface area contributed by atoms with Crippen LogP contribution in [0.25, 0.3) is 0 Å². The van der Waals surface area contributed by atoms with E-state index in [0.29, 0.717) is 17.6 Å². The molecule has 2 aromatic rings. The predicted octanol–water partition coefficient (Wildman–Crippen LogP) is 3.58. The van der Waals surface area contributed by atoms with E-state index in [9.17, 15) is 9.59 Å². The van der Waals surface area contributed by atoms with E-state index in [-0.39, 0.29) is 11.8 Å². The lowest BCUT2D eigenvalue weighted by Gasteiger charge is -2.34. The van der Waals surface area contributed by atoms with Gasteiger partial charge in [-0.25, -0.2) is 0 Å². The van der Waals surface area contributed by atoms with Crippen LogP contribution in [0.3, 0.4) is 0 Å². The zero-order chi connectivity index (χ0) is 19.2. The van der Waals surface area contributed by atoms with Gasteiger partial charge in [-0.05, 0) is 62.1 Å². The lowest BCUT2D eigenvalue weighted by Crippen LogP contribution is -2.43. The highest BCUT2D eigenvalue weighted by molar-refractivity contribution is 5.92. The summed E-state index contributed by atoms with van der Waals surface area (Å²) in [6.45, 7) is 4.38. The van der Waals surface area contributed by atoms with Crippen molar-refractivity contribution in [1.29, 1.82) is 0 Å². The molecule has 1 atom stereocenters. The van der Waals surface area contributed by atoms with E-state index in [4.69, 9.17) is 0 Å². The second kappa shape index (κ2) is 8.62. The molecule has 0 spiro atoms. The lowest BCUT2D eigenvalue weighted by molar-refractivity contribution is -0.114. The van der Waals surface area contributed by atoms with Crippen LogP contribution in [0.2, 0.25) is 0 Å². The minimum Gasteiger partial charge on any atom is -0.339 e. The van der Waals surface area contributed by atoms with Crippen LogP contribution in [-0.2, 0) is 4.79 Å². The first-order valence-corrected chi connectivity index (χ1v) is 9.36. The highest BCUT2D eigenvalue weighted by Crippen LogP contribution is 2.22. The molecule has 1 aliphatic rings. The Balaban J connectivity index is 1.64. The number of nitrogens with one attached hydrogen (secondary N) is 2. The molecule has 27 heavy (non-hydrogen) atoms. The van der Waals surface area contributed by atoms with Crippen molar-refractivity contribution in [3.8, 4) is 0 Å². The summed E-state index contributed by atoms with van der Waals surface area (Å²) in [5.41, 5.74) is 1.92. The van der Waals surface area contributed by atoms with Crippen molar-refractivity contribution in [3.05, 3.63) is 42.1 Å². The van der Waals surface area contributed by atoms with Crippen molar-refractivity contribution >= 4 is 29.0 Å². The molecule has 1 aliphatic heterocycles. The van der Waals surface area contributed by atoms with E-state index in [1.165, 1.54) is 13.3 Å². The number of carbonyl (C=O) groups is 2. The Morgan fingerprint density at radius 3 is 2.44 bits per heavy atom. The molecule has 0 aliphatic carbocycles. The number of piperidine rings is 1. The summed E-state index contributed by atoms with van der Waals surface area (Å²) in [6.07, 6.45) is 4.25. The van der Waals surface area contributed by atoms with Gasteiger partial charge in [-0.2, -0.15) is 0 Å². The first kappa shape index (κ1) is 18.8. The number of hydrogen-bond donors (Lipinski definition) is 2. The van der Waals surface area contributed by atoms with Gasteiger partial charge in [0.15, 0.2) is 11.5 Å². The number of hydrogen-bond acceptors (Lipinski definition) is 5. The summed E-state index contributed by atoms with van der Waals surface area (Å²) in [7, 11) is 0. The number of aromatic nitrogens is 2. The fraction of sp³-hybridized carbons (Fsp3) is 0.400. The Labute approximate surface area is 159 Å². The van der Waals surface area contributed by atoms with Crippen molar-refractivity contribution in [1.82, 2.24) is 15.1 Å². The molecule has 1 aromatic heterocycles. The number of nitrogens with zero attached hydrogens (tertiary/aromatic N) is 3. The summed E-state index contributed by atoms with van der Waals surface area (Å²) in [5, 5.41) is 14.1. The summed E-state index contributed by atoms with van der Waals surface area (Å²) >= 11 is 0. The van der Waals surface area contributed by atoms with Crippen LogP contribution in [0.5, 0.6) is 0 Å².